The van der Waals surface area contributed by atoms with E-state index in [0.717, 1.165) is 112 Å². The van der Waals surface area contributed by atoms with Gasteiger partial charge in [0.15, 0.2) is 11.2 Å². The molecule has 0 amide bonds. The zero-order chi connectivity index (χ0) is 59.5. The van der Waals surface area contributed by atoms with E-state index in [1.54, 1.807) is 0 Å². The van der Waals surface area contributed by atoms with Gasteiger partial charge in [-0.25, -0.2) is 0 Å². The van der Waals surface area contributed by atoms with Crippen LogP contribution in [0.2, 0.25) is 0 Å². The van der Waals surface area contributed by atoms with Crippen LogP contribution in [0.15, 0.2) is 324 Å². The van der Waals surface area contributed by atoms with E-state index in [1.165, 1.54) is 65.7 Å². The Morgan fingerprint density at radius 2 is 0.571 bits per heavy atom. The fraction of sp³-hybridized carbons (Fsp3) is 0.0118. The maximum atomic E-state index is 6.95. The van der Waals surface area contributed by atoms with E-state index < -0.39 is 5.41 Å². The first kappa shape index (κ1) is 49.9. The van der Waals surface area contributed by atoms with E-state index >= 15 is 0 Å². The molecule has 0 N–H and O–H groups in total. The standard InChI is InChI=1S/C85H52N4O2/c1-3-23-53(24-4-1)85(54-25-5-2-6-26-54)69-34-12-9-29-61(69)68-51-79-80(52-70(68)85)87(73-37-15-18-40-76(73)89(79)78-42-22-33-65-63-31-11-20-44-82(63)91-84(65)78)56-46-48-60-59-47-45-55(49-66(59)57-27-7-8-28-58(57)67(60)50-56)86-71-35-13-16-38-74(71)88(75-39-17-14-36-72(75)86)77-41-21-32-64-62-30-10-19-43-81(62)90-83(64)77/h1-52H. The monoisotopic (exact) mass is 1160 g/mol. The molecule has 0 fully saturated rings. The van der Waals surface area contributed by atoms with Crippen LogP contribution in [0, 0.1) is 0 Å². The number of para-hydroxylation sites is 10. The molecule has 15 aromatic carbocycles. The van der Waals surface area contributed by atoms with E-state index in [-0.39, 0.29) is 0 Å². The molecule has 17 aromatic rings. The lowest BCUT2D eigenvalue weighted by Gasteiger charge is -2.42. The smallest absolute Gasteiger partial charge is 0.159 e. The van der Waals surface area contributed by atoms with Gasteiger partial charge in [0.1, 0.15) is 11.2 Å². The quantitative estimate of drug-likeness (QED) is 0.155. The predicted octanol–water partition coefficient (Wildman–Crippen LogP) is 23.8. The zero-order valence-electron chi connectivity index (χ0n) is 49.1. The molecule has 6 nitrogen and oxygen atoms in total. The third-order valence-corrected chi connectivity index (χ3v) is 19.7. The van der Waals surface area contributed by atoms with Crippen molar-refractivity contribution in [1.29, 1.82) is 0 Å². The molecule has 1 aliphatic carbocycles. The van der Waals surface area contributed by atoms with Crippen LogP contribution in [-0.4, -0.2) is 0 Å². The molecule has 424 valence electrons. The lowest BCUT2D eigenvalue weighted by molar-refractivity contribution is 0.668. The highest BCUT2D eigenvalue weighted by atomic mass is 16.3. The van der Waals surface area contributed by atoms with E-state index in [9.17, 15) is 0 Å². The first-order valence-corrected chi connectivity index (χ1v) is 31.2. The average Bonchev–Trinajstić information content (AvgIpc) is 1.61. The van der Waals surface area contributed by atoms with Crippen LogP contribution in [0.1, 0.15) is 22.3 Å². The van der Waals surface area contributed by atoms with E-state index in [0.29, 0.717) is 0 Å². The Labute approximate surface area is 524 Å². The molecule has 0 saturated carbocycles. The summed E-state index contributed by atoms with van der Waals surface area (Å²) in [6.07, 6.45) is 0. The third kappa shape index (κ3) is 6.90. The minimum Gasteiger partial charge on any atom is -0.454 e. The summed E-state index contributed by atoms with van der Waals surface area (Å²) in [6, 6.07) is 116. The van der Waals surface area contributed by atoms with Crippen LogP contribution < -0.4 is 19.6 Å². The van der Waals surface area contributed by atoms with Gasteiger partial charge in [-0.05, 0) is 163 Å². The van der Waals surface area contributed by atoms with Crippen LogP contribution in [0.3, 0.4) is 0 Å². The van der Waals surface area contributed by atoms with Crippen molar-refractivity contribution >= 4 is 144 Å². The molecule has 0 spiro atoms. The molecule has 91 heavy (non-hydrogen) atoms. The molecule has 0 radical (unpaired) electrons. The van der Waals surface area contributed by atoms with Crippen molar-refractivity contribution in [3.8, 4) is 11.1 Å². The highest BCUT2D eigenvalue weighted by molar-refractivity contribution is 6.27. The molecule has 4 heterocycles. The van der Waals surface area contributed by atoms with Gasteiger partial charge in [-0.3, -0.25) is 0 Å². The van der Waals surface area contributed by atoms with Gasteiger partial charge >= 0.3 is 0 Å². The van der Waals surface area contributed by atoms with Crippen molar-refractivity contribution in [3.05, 3.63) is 338 Å². The van der Waals surface area contributed by atoms with Crippen molar-refractivity contribution in [2.24, 2.45) is 0 Å². The Morgan fingerprint density at radius 3 is 1.08 bits per heavy atom. The molecule has 0 saturated heterocycles. The van der Waals surface area contributed by atoms with Gasteiger partial charge in [-0.1, -0.05) is 218 Å². The normalized spacial score (nSPS) is 13.7. The highest BCUT2D eigenvalue weighted by Crippen LogP contribution is 2.63. The second-order valence-corrected chi connectivity index (χ2v) is 24.2. The Balaban J connectivity index is 0.797. The summed E-state index contributed by atoms with van der Waals surface area (Å²) < 4.78 is 13.7. The lowest BCUT2D eigenvalue weighted by Crippen LogP contribution is -2.29. The average molecular weight is 1160 g/mol. The topological polar surface area (TPSA) is 39.2 Å². The molecule has 6 heteroatoms. The van der Waals surface area contributed by atoms with Crippen molar-refractivity contribution in [2.75, 3.05) is 19.6 Å². The van der Waals surface area contributed by atoms with E-state index in [2.05, 4.69) is 329 Å². The van der Waals surface area contributed by atoms with Crippen molar-refractivity contribution < 1.29 is 8.83 Å². The van der Waals surface area contributed by atoms with Crippen molar-refractivity contribution in [1.82, 2.24) is 0 Å². The second-order valence-electron chi connectivity index (χ2n) is 24.2. The van der Waals surface area contributed by atoms with Crippen LogP contribution in [0.4, 0.5) is 68.2 Å². The minimum atomic E-state index is -0.630. The summed E-state index contributed by atoms with van der Waals surface area (Å²) in [4.78, 5) is 9.79. The summed E-state index contributed by atoms with van der Waals surface area (Å²) in [5, 5.41) is 11.5. The van der Waals surface area contributed by atoms with Crippen molar-refractivity contribution in [3.63, 3.8) is 0 Å². The number of nitrogens with zero attached hydrogens (tertiary/aromatic N) is 4. The molecule has 2 aliphatic heterocycles. The molecular weight excluding hydrogens is 1110 g/mol. The van der Waals surface area contributed by atoms with Gasteiger partial charge in [-0.15, -0.1) is 0 Å². The fourth-order valence-electron chi connectivity index (χ4n) is 16.0. The second kappa shape index (κ2) is 18.9. The van der Waals surface area contributed by atoms with Crippen molar-refractivity contribution in [2.45, 2.75) is 5.41 Å². The number of benzene rings is 15. The molecule has 0 unspecified atom stereocenters. The molecule has 3 aliphatic rings. The summed E-state index contributed by atoms with van der Waals surface area (Å²) >= 11 is 0. The number of rotatable bonds is 6. The van der Waals surface area contributed by atoms with Gasteiger partial charge in [0.2, 0.25) is 0 Å². The number of hydrogen-bond acceptors (Lipinski definition) is 6. The minimum absolute atomic E-state index is 0.630. The first-order valence-electron chi connectivity index (χ1n) is 31.2. The Bertz CT molecular complexity index is 5800. The van der Waals surface area contributed by atoms with Crippen LogP contribution in [-0.2, 0) is 5.41 Å². The van der Waals surface area contributed by atoms with Crippen LogP contribution >= 0.6 is 0 Å². The predicted molar refractivity (Wildman–Crippen MR) is 377 cm³/mol. The van der Waals surface area contributed by atoms with E-state index in [1.807, 2.05) is 6.07 Å². The maximum absolute atomic E-state index is 6.95. The highest BCUT2D eigenvalue weighted by Gasteiger charge is 2.48. The van der Waals surface area contributed by atoms with Gasteiger partial charge in [0.05, 0.1) is 62.3 Å². The first-order chi connectivity index (χ1) is 45.2. The number of fused-ring (bicyclic) bond motifs is 19. The lowest BCUT2D eigenvalue weighted by atomic mass is 9.67. The van der Waals surface area contributed by atoms with Gasteiger partial charge < -0.3 is 28.4 Å². The third-order valence-electron chi connectivity index (χ3n) is 19.7. The molecule has 2 aromatic heterocycles. The Kier molecular flexibility index (Phi) is 10.4. The molecule has 20 rings (SSSR count). The van der Waals surface area contributed by atoms with Gasteiger partial charge in [-0.2, -0.15) is 0 Å². The summed E-state index contributed by atoms with van der Waals surface area (Å²) in [5.41, 5.74) is 22.9. The van der Waals surface area contributed by atoms with Crippen LogP contribution in [0.25, 0.3) is 87.3 Å². The molecule has 0 atom stereocenters. The summed E-state index contributed by atoms with van der Waals surface area (Å²) in [5.74, 6) is 0. The number of hydrogen-bond donors (Lipinski definition) is 0. The fourth-order valence-corrected chi connectivity index (χ4v) is 16.0. The van der Waals surface area contributed by atoms with Gasteiger partial charge in [0, 0.05) is 32.9 Å². The Morgan fingerprint density at radius 1 is 0.209 bits per heavy atom. The molecular formula is C85H52N4O2. The number of anilines is 12. The van der Waals surface area contributed by atoms with E-state index in [4.69, 9.17) is 8.83 Å². The maximum Gasteiger partial charge on any atom is 0.159 e. The number of furan rings is 2. The SMILES string of the molecule is c1ccc(C2(c3ccccc3)c3ccccc3-c3cc4c(cc32)N(c2ccc3c5ccc(N6c7ccccc7N(c7cccc8c7oc7ccccc78)c7ccccc76)cc5c5ccccc5c3c2)c2ccccc2N4c2cccc3c2oc2ccccc23)cc1. The largest absolute Gasteiger partial charge is 0.454 e. The summed E-state index contributed by atoms with van der Waals surface area (Å²) in [7, 11) is 0. The zero-order valence-corrected chi connectivity index (χ0v) is 49.1. The Hall–Kier alpha value is -12.1. The molecule has 0 bridgehead atoms. The van der Waals surface area contributed by atoms with Gasteiger partial charge in [0.25, 0.3) is 0 Å². The summed E-state index contributed by atoms with van der Waals surface area (Å²) in [6.45, 7) is 0. The van der Waals surface area contributed by atoms with Crippen LogP contribution in [0.5, 0.6) is 0 Å².